The second-order valence-corrected chi connectivity index (χ2v) is 10.1. The summed E-state index contributed by atoms with van der Waals surface area (Å²) in [7, 11) is 0. The maximum atomic E-state index is 14.5. The van der Waals surface area contributed by atoms with Gasteiger partial charge in [0, 0.05) is 42.0 Å². The Kier molecular flexibility index (Phi) is 7.15. The Morgan fingerprint density at radius 1 is 1.31 bits per heavy atom. The molecule has 1 aliphatic heterocycles. The molecule has 186 valence electrons. The van der Waals surface area contributed by atoms with E-state index in [-0.39, 0.29) is 11.1 Å². The predicted octanol–water partition coefficient (Wildman–Crippen LogP) is 5.56. The molecule has 3 heterocycles. The van der Waals surface area contributed by atoms with Crippen molar-refractivity contribution < 1.29 is 14.3 Å². The molecule has 0 bridgehead atoms. The highest BCUT2D eigenvalue weighted by Crippen LogP contribution is 2.40. The summed E-state index contributed by atoms with van der Waals surface area (Å²) in [5, 5.41) is 20.8. The van der Waals surface area contributed by atoms with Crippen LogP contribution in [0.1, 0.15) is 47.8 Å². The summed E-state index contributed by atoms with van der Waals surface area (Å²) in [6, 6.07) is 8.86. The Balaban J connectivity index is 1.55. The standard InChI is InChI=1S/C26H31ClFN5O2/c1-15-10-16(2)24(30-22-11-17(3)31-32-22)29-21(15)13-26(25(34)35)8-9-33(18(4)12-26)14-19-6-5-7-20(27)23(19)28/h5-7,10-11,18H,8-9,12-14H2,1-4H3,(H,34,35)(H2,29,30,31,32)/t18-,26-/m1/s1. The van der Waals surface area contributed by atoms with Gasteiger partial charge in [0.2, 0.25) is 0 Å². The van der Waals surface area contributed by atoms with E-state index in [4.69, 9.17) is 16.6 Å². The summed E-state index contributed by atoms with van der Waals surface area (Å²) >= 11 is 5.95. The number of carbonyl (C=O) groups is 1. The first-order valence-electron chi connectivity index (χ1n) is 11.7. The number of halogens is 2. The average Bonchev–Trinajstić information content (AvgIpc) is 3.21. The fourth-order valence-corrected chi connectivity index (χ4v) is 5.14. The molecule has 7 nitrogen and oxygen atoms in total. The number of nitrogens with zero attached hydrogens (tertiary/aromatic N) is 3. The Hall–Kier alpha value is -2.97. The van der Waals surface area contributed by atoms with Gasteiger partial charge in [-0.25, -0.2) is 9.37 Å². The fraction of sp³-hybridized carbons (Fsp3) is 0.423. The molecule has 2 atom stereocenters. The third-order valence-corrected chi connectivity index (χ3v) is 7.30. The largest absolute Gasteiger partial charge is 0.481 e. The van der Waals surface area contributed by atoms with E-state index < -0.39 is 17.2 Å². The van der Waals surface area contributed by atoms with E-state index in [1.165, 1.54) is 6.07 Å². The van der Waals surface area contributed by atoms with Crippen molar-refractivity contribution in [2.24, 2.45) is 5.41 Å². The van der Waals surface area contributed by atoms with E-state index in [0.29, 0.717) is 49.6 Å². The van der Waals surface area contributed by atoms with Crippen molar-refractivity contribution in [1.29, 1.82) is 0 Å². The van der Waals surface area contributed by atoms with Crippen molar-refractivity contribution in [3.05, 3.63) is 69.2 Å². The topological polar surface area (TPSA) is 94.1 Å². The van der Waals surface area contributed by atoms with Crippen molar-refractivity contribution in [3.8, 4) is 0 Å². The number of H-pyrrole nitrogens is 1. The summed E-state index contributed by atoms with van der Waals surface area (Å²) in [4.78, 5) is 19.5. The van der Waals surface area contributed by atoms with Crippen LogP contribution < -0.4 is 5.32 Å². The summed E-state index contributed by atoms with van der Waals surface area (Å²) < 4.78 is 14.5. The summed E-state index contributed by atoms with van der Waals surface area (Å²) in [5.74, 6) is 0.0933. The van der Waals surface area contributed by atoms with Gasteiger partial charge >= 0.3 is 5.97 Å². The number of aliphatic carboxylic acids is 1. The van der Waals surface area contributed by atoms with Gasteiger partial charge in [-0.3, -0.25) is 14.8 Å². The normalized spacial score (nSPS) is 20.7. The lowest BCUT2D eigenvalue weighted by Gasteiger charge is -2.43. The van der Waals surface area contributed by atoms with Crippen LogP contribution in [-0.2, 0) is 17.8 Å². The summed E-state index contributed by atoms with van der Waals surface area (Å²) in [6.45, 7) is 8.79. The van der Waals surface area contributed by atoms with Crippen LogP contribution in [0.4, 0.5) is 16.0 Å². The highest BCUT2D eigenvalue weighted by atomic mass is 35.5. The third-order valence-electron chi connectivity index (χ3n) is 7.01. The first-order chi connectivity index (χ1) is 16.6. The van der Waals surface area contributed by atoms with Gasteiger partial charge in [-0.15, -0.1) is 0 Å². The van der Waals surface area contributed by atoms with Crippen LogP contribution in [0.2, 0.25) is 5.02 Å². The van der Waals surface area contributed by atoms with Gasteiger partial charge in [0.15, 0.2) is 5.82 Å². The molecule has 2 aromatic heterocycles. The maximum Gasteiger partial charge on any atom is 0.310 e. The number of likely N-dealkylation sites (tertiary alicyclic amines) is 1. The van der Waals surface area contributed by atoms with E-state index in [9.17, 15) is 14.3 Å². The SMILES string of the molecule is Cc1cc(Nc2nc(C[C@@]3(C(=O)O)CCN(Cc4cccc(Cl)c4F)[C@H](C)C3)c(C)cc2C)n[nH]1. The molecule has 0 unspecified atom stereocenters. The third kappa shape index (κ3) is 5.33. The lowest BCUT2D eigenvalue weighted by Crippen LogP contribution is -2.49. The number of hydrogen-bond acceptors (Lipinski definition) is 5. The van der Waals surface area contributed by atoms with Crippen LogP contribution in [0.3, 0.4) is 0 Å². The Morgan fingerprint density at radius 2 is 2.09 bits per heavy atom. The van der Waals surface area contributed by atoms with Gasteiger partial charge in [0.05, 0.1) is 10.4 Å². The second kappa shape index (κ2) is 9.95. The van der Waals surface area contributed by atoms with Crippen LogP contribution in [0, 0.1) is 32.0 Å². The first-order valence-corrected chi connectivity index (χ1v) is 12.1. The summed E-state index contributed by atoms with van der Waals surface area (Å²) in [6.07, 6.45) is 1.22. The minimum Gasteiger partial charge on any atom is -0.481 e. The number of carboxylic acid groups (broad SMARTS) is 1. The van der Waals surface area contributed by atoms with E-state index in [0.717, 1.165) is 22.5 Å². The molecule has 3 N–H and O–H groups in total. The highest BCUT2D eigenvalue weighted by molar-refractivity contribution is 6.30. The van der Waals surface area contributed by atoms with E-state index >= 15 is 0 Å². The molecule has 0 amide bonds. The van der Waals surface area contributed by atoms with E-state index in [1.54, 1.807) is 12.1 Å². The molecule has 35 heavy (non-hydrogen) atoms. The molecule has 3 aromatic rings. The molecule has 0 aliphatic carbocycles. The molecule has 1 aromatic carbocycles. The number of aryl methyl sites for hydroxylation is 3. The molecular formula is C26H31ClFN5O2. The molecule has 4 rings (SSSR count). The van der Waals surface area contributed by atoms with Crippen molar-refractivity contribution in [3.63, 3.8) is 0 Å². The van der Waals surface area contributed by atoms with Gasteiger partial charge in [-0.05, 0) is 64.3 Å². The van der Waals surface area contributed by atoms with Crippen molar-refractivity contribution in [2.45, 2.75) is 59.5 Å². The van der Waals surface area contributed by atoms with Crippen LogP contribution in [0.15, 0.2) is 30.3 Å². The van der Waals surface area contributed by atoms with Crippen LogP contribution in [-0.4, -0.2) is 43.7 Å². The summed E-state index contributed by atoms with van der Waals surface area (Å²) in [5.41, 5.74) is 3.18. The number of pyridine rings is 1. The maximum absolute atomic E-state index is 14.5. The van der Waals surface area contributed by atoms with Gasteiger partial charge in [0.25, 0.3) is 0 Å². The van der Waals surface area contributed by atoms with Gasteiger partial charge in [-0.1, -0.05) is 29.8 Å². The van der Waals surface area contributed by atoms with Crippen molar-refractivity contribution >= 4 is 29.2 Å². The molecule has 1 aliphatic rings. The number of rotatable bonds is 7. The lowest BCUT2D eigenvalue weighted by molar-refractivity contribution is -0.153. The number of anilines is 2. The monoisotopic (exact) mass is 499 g/mol. The van der Waals surface area contributed by atoms with Crippen molar-refractivity contribution in [2.75, 3.05) is 11.9 Å². The van der Waals surface area contributed by atoms with Crippen molar-refractivity contribution in [1.82, 2.24) is 20.1 Å². The number of aromatic amines is 1. The molecule has 0 saturated carbocycles. The second-order valence-electron chi connectivity index (χ2n) is 9.73. The first kappa shape index (κ1) is 25.1. The molecule has 0 spiro atoms. The Labute approximate surface area is 209 Å². The number of carboxylic acids is 1. The van der Waals surface area contributed by atoms with Crippen LogP contribution in [0.25, 0.3) is 0 Å². The molecule has 0 radical (unpaired) electrons. The quantitative estimate of drug-likeness (QED) is 0.394. The number of nitrogens with one attached hydrogen (secondary N) is 2. The number of piperidine rings is 1. The molecule has 9 heteroatoms. The molecular weight excluding hydrogens is 469 g/mol. The fourth-order valence-electron chi connectivity index (χ4n) is 4.95. The molecule has 1 saturated heterocycles. The lowest BCUT2D eigenvalue weighted by atomic mass is 9.71. The van der Waals surface area contributed by atoms with Gasteiger partial charge < -0.3 is 10.4 Å². The van der Waals surface area contributed by atoms with Gasteiger partial charge in [-0.2, -0.15) is 5.10 Å². The predicted molar refractivity (Wildman–Crippen MR) is 135 cm³/mol. The number of aromatic nitrogens is 3. The zero-order chi connectivity index (χ0) is 25.3. The van der Waals surface area contributed by atoms with E-state index in [1.807, 2.05) is 39.8 Å². The average molecular weight is 500 g/mol. The Morgan fingerprint density at radius 3 is 2.74 bits per heavy atom. The Bertz CT molecular complexity index is 1250. The highest BCUT2D eigenvalue weighted by Gasteiger charge is 2.45. The number of hydrogen-bond donors (Lipinski definition) is 3. The van der Waals surface area contributed by atoms with E-state index in [2.05, 4.69) is 20.4 Å². The minimum absolute atomic E-state index is 0.0476. The zero-order valence-corrected chi connectivity index (χ0v) is 21.2. The minimum atomic E-state index is -0.948. The zero-order valence-electron chi connectivity index (χ0n) is 20.5. The number of benzene rings is 1. The van der Waals surface area contributed by atoms with Crippen LogP contribution >= 0.6 is 11.6 Å². The smallest absolute Gasteiger partial charge is 0.310 e. The van der Waals surface area contributed by atoms with Gasteiger partial charge in [0.1, 0.15) is 11.6 Å². The molecule has 1 fully saturated rings. The van der Waals surface area contributed by atoms with Crippen LogP contribution in [0.5, 0.6) is 0 Å².